The summed E-state index contributed by atoms with van der Waals surface area (Å²) >= 11 is 0. The Morgan fingerprint density at radius 2 is 1.85 bits per heavy atom. The van der Waals surface area contributed by atoms with Gasteiger partial charge in [0.1, 0.15) is 5.75 Å². The fourth-order valence-electron chi connectivity index (χ4n) is 5.28. The van der Waals surface area contributed by atoms with Gasteiger partial charge in [-0.3, -0.25) is 23.9 Å². The fourth-order valence-corrected chi connectivity index (χ4v) is 5.28. The van der Waals surface area contributed by atoms with Crippen LogP contribution in [-0.2, 0) is 26.7 Å². The average Bonchev–Trinajstić information content (AvgIpc) is 3.20. The molecule has 2 aromatic carbocycles. The van der Waals surface area contributed by atoms with Crippen LogP contribution in [0, 0.1) is 0 Å². The molecule has 39 heavy (non-hydrogen) atoms. The molecule has 0 aliphatic carbocycles. The molecule has 1 fully saturated rings. The summed E-state index contributed by atoms with van der Waals surface area (Å²) in [4.78, 5) is 34.7. The summed E-state index contributed by atoms with van der Waals surface area (Å²) in [6.45, 7) is 3.06. The number of fused-ring (bicyclic) bond motifs is 3. The highest BCUT2D eigenvalue weighted by Gasteiger charge is 2.42. The van der Waals surface area contributed by atoms with Crippen LogP contribution in [0.2, 0.25) is 0 Å². The largest absolute Gasteiger partial charge is 0.495 e. The smallest absolute Gasteiger partial charge is 0.333 e. The highest BCUT2D eigenvalue weighted by atomic mass is 16.5. The van der Waals surface area contributed by atoms with Gasteiger partial charge in [-0.05, 0) is 48.4 Å². The predicted octanol–water partition coefficient (Wildman–Crippen LogP) is 4.17. The van der Waals surface area contributed by atoms with Crippen LogP contribution in [0.5, 0.6) is 5.75 Å². The Kier molecular flexibility index (Phi) is 6.15. The number of benzene rings is 2. The van der Waals surface area contributed by atoms with E-state index in [0.29, 0.717) is 25.6 Å². The lowest BCUT2D eigenvalue weighted by Crippen LogP contribution is -2.48. The molecule has 0 bridgehead atoms. The zero-order valence-electron chi connectivity index (χ0n) is 22.0. The van der Waals surface area contributed by atoms with Crippen LogP contribution in [-0.4, -0.2) is 52.0 Å². The molecule has 0 amide bonds. The van der Waals surface area contributed by atoms with E-state index in [1.165, 1.54) is 0 Å². The Morgan fingerprint density at radius 1 is 1.05 bits per heavy atom. The van der Waals surface area contributed by atoms with Gasteiger partial charge < -0.3 is 14.2 Å². The molecule has 0 N–H and O–H groups in total. The van der Waals surface area contributed by atoms with Crippen LogP contribution in [0.25, 0.3) is 38.8 Å². The normalized spacial score (nSPS) is 14.3. The lowest BCUT2D eigenvalue weighted by Gasteiger charge is -2.41. The van der Waals surface area contributed by atoms with E-state index in [1.54, 1.807) is 48.8 Å². The lowest BCUT2D eigenvalue weighted by molar-refractivity contribution is -0.151. The van der Waals surface area contributed by atoms with Crippen LogP contribution in [0.3, 0.4) is 0 Å². The molecule has 9 nitrogen and oxygen atoms in total. The molecule has 3 aromatic heterocycles. The SMILES string of the molecule is CCOC(=O)CC1(c2ccc(-n3c(=O)n(C)c4cnc5ccc(-c6cncc(OC)c6)cc5c43)cc2)COC1. The number of aromatic nitrogens is 4. The molecule has 0 radical (unpaired) electrons. The number of pyridine rings is 2. The maximum absolute atomic E-state index is 13.5. The van der Waals surface area contributed by atoms with Crippen LogP contribution in [0.4, 0.5) is 0 Å². The van der Waals surface area contributed by atoms with Gasteiger partial charge in [-0.15, -0.1) is 0 Å². The van der Waals surface area contributed by atoms with Crippen molar-refractivity contribution < 1.29 is 19.0 Å². The molecular weight excluding hydrogens is 496 g/mol. The molecule has 9 heteroatoms. The summed E-state index contributed by atoms with van der Waals surface area (Å²) in [7, 11) is 3.36. The third-order valence-electron chi connectivity index (χ3n) is 7.45. The molecular formula is C30H28N4O5. The zero-order chi connectivity index (χ0) is 27.1. The molecule has 6 rings (SSSR count). The Hall–Kier alpha value is -4.50. The first-order chi connectivity index (χ1) is 18.9. The monoisotopic (exact) mass is 524 g/mol. The van der Waals surface area contributed by atoms with Crippen LogP contribution in [0.1, 0.15) is 18.9 Å². The first kappa shape index (κ1) is 24.8. The van der Waals surface area contributed by atoms with Gasteiger partial charge in [-0.25, -0.2) is 4.79 Å². The van der Waals surface area contributed by atoms with Gasteiger partial charge in [0.25, 0.3) is 0 Å². The number of nitrogens with zero attached hydrogens (tertiary/aromatic N) is 4. The molecule has 0 unspecified atom stereocenters. The highest BCUT2D eigenvalue weighted by Crippen LogP contribution is 2.37. The number of imidazole rings is 1. The topological polar surface area (TPSA) is 97.5 Å². The quantitative estimate of drug-likeness (QED) is 0.295. The molecule has 1 saturated heterocycles. The maximum atomic E-state index is 13.5. The molecule has 198 valence electrons. The van der Waals surface area contributed by atoms with Crippen LogP contribution in [0.15, 0.2) is 71.9 Å². The van der Waals surface area contributed by atoms with Crippen molar-refractivity contribution in [1.29, 1.82) is 0 Å². The van der Waals surface area contributed by atoms with Crippen LogP contribution < -0.4 is 10.4 Å². The van der Waals surface area contributed by atoms with E-state index in [0.717, 1.165) is 44.3 Å². The first-order valence-corrected chi connectivity index (χ1v) is 12.8. The number of hydrogen-bond donors (Lipinski definition) is 0. The van der Waals surface area contributed by atoms with Gasteiger partial charge >= 0.3 is 11.7 Å². The van der Waals surface area contributed by atoms with E-state index < -0.39 is 5.41 Å². The van der Waals surface area contributed by atoms with Crippen molar-refractivity contribution in [3.8, 4) is 22.6 Å². The number of aryl methyl sites for hydroxylation is 1. The van der Waals surface area contributed by atoms with Crippen molar-refractivity contribution in [2.75, 3.05) is 26.9 Å². The fraction of sp³-hybridized carbons (Fsp3) is 0.267. The van der Waals surface area contributed by atoms with Gasteiger partial charge in [-0.1, -0.05) is 18.2 Å². The number of hydrogen-bond acceptors (Lipinski definition) is 7. The third kappa shape index (κ3) is 4.15. The summed E-state index contributed by atoms with van der Waals surface area (Å²) in [5, 5.41) is 0.848. The Bertz CT molecular complexity index is 1770. The van der Waals surface area contributed by atoms with Crippen molar-refractivity contribution in [3.63, 3.8) is 0 Å². The number of ether oxygens (including phenoxy) is 3. The summed E-state index contributed by atoms with van der Waals surface area (Å²) in [6, 6.07) is 15.7. The van der Waals surface area contributed by atoms with Gasteiger partial charge in [0.05, 0.1) is 73.4 Å². The predicted molar refractivity (Wildman–Crippen MR) is 147 cm³/mol. The van der Waals surface area contributed by atoms with Crippen molar-refractivity contribution in [1.82, 2.24) is 19.1 Å². The highest BCUT2D eigenvalue weighted by molar-refractivity contribution is 6.04. The van der Waals surface area contributed by atoms with Crippen molar-refractivity contribution in [3.05, 3.63) is 83.2 Å². The summed E-state index contributed by atoms with van der Waals surface area (Å²) in [6.07, 6.45) is 5.43. The number of carbonyl (C=O) groups is 1. The number of carbonyl (C=O) groups excluding carboxylic acids is 1. The Balaban J connectivity index is 1.47. The Morgan fingerprint density at radius 3 is 2.54 bits per heavy atom. The van der Waals surface area contributed by atoms with E-state index in [4.69, 9.17) is 14.2 Å². The molecule has 5 aromatic rings. The number of esters is 1. The number of rotatable bonds is 7. The zero-order valence-corrected chi connectivity index (χ0v) is 22.0. The molecule has 1 aliphatic rings. The van der Waals surface area contributed by atoms with Gasteiger partial charge in [0.15, 0.2) is 0 Å². The van der Waals surface area contributed by atoms with Gasteiger partial charge in [-0.2, -0.15) is 0 Å². The van der Waals surface area contributed by atoms with Gasteiger partial charge in [0.2, 0.25) is 0 Å². The minimum atomic E-state index is -0.412. The van der Waals surface area contributed by atoms with E-state index in [2.05, 4.69) is 9.97 Å². The van der Waals surface area contributed by atoms with E-state index in [9.17, 15) is 9.59 Å². The van der Waals surface area contributed by atoms with Crippen molar-refractivity contribution >= 4 is 27.9 Å². The second kappa shape index (κ2) is 9.67. The third-order valence-corrected chi connectivity index (χ3v) is 7.45. The molecule has 1 aliphatic heterocycles. The van der Waals surface area contributed by atoms with Crippen molar-refractivity contribution in [2.45, 2.75) is 18.8 Å². The lowest BCUT2D eigenvalue weighted by atomic mass is 9.76. The molecule has 0 saturated carbocycles. The van der Waals surface area contributed by atoms with Crippen molar-refractivity contribution in [2.24, 2.45) is 7.05 Å². The average molecular weight is 525 g/mol. The standard InChI is InChI=1S/C30H28N4O5/c1-4-39-27(35)13-30(17-38-18-30)21-6-8-22(9-7-21)34-28-24-12-19(20-11-23(37-3)15-31-14-20)5-10-25(24)32-16-26(28)33(2)29(34)36/h5-12,14-16H,4,13,17-18H2,1-3H3. The summed E-state index contributed by atoms with van der Waals surface area (Å²) < 4.78 is 19.4. The second-order valence-corrected chi connectivity index (χ2v) is 9.82. The maximum Gasteiger partial charge on any atom is 0.333 e. The minimum absolute atomic E-state index is 0.172. The second-order valence-electron chi connectivity index (χ2n) is 9.82. The van der Waals surface area contributed by atoms with Gasteiger partial charge in [0, 0.05) is 24.2 Å². The van der Waals surface area contributed by atoms with E-state index >= 15 is 0 Å². The molecule has 4 heterocycles. The summed E-state index contributed by atoms with van der Waals surface area (Å²) in [5.74, 6) is 0.425. The van der Waals surface area contributed by atoms with E-state index in [-0.39, 0.29) is 18.1 Å². The molecule has 0 spiro atoms. The van der Waals surface area contributed by atoms with E-state index in [1.807, 2.05) is 48.5 Å². The minimum Gasteiger partial charge on any atom is -0.495 e. The Labute approximate surface area is 224 Å². The number of methoxy groups -OCH3 is 1. The first-order valence-electron chi connectivity index (χ1n) is 12.8. The van der Waals surface area contributed by atoms with Crippen LogP contribution >= 0.6 is 0 Å². The summed E-state index contributed by atoms with van der Waals surface area (Å²) in [5.41, 5.74) is 5.23. The molecule has 0 atom stereocenters.